The zero-order chi connectivity index (χ0) is 10.7. The molecule has 0 radical (unpaired) electrons. The molecule has 0 saturated carbocycles. The Morgan fingerprint density at radius 2 is 1.77 bits per heavy atom. The Hall–Kier alpha value is 0.137. The minimum atomic E-state index is -1.52. The fourth-order valence-electron chi connectivity index (χ4n) is 0.633. The maximum atomic E-state index is 6.02. The highest BCUT2D eigenvalue weighted by atomic mass is 28.4. The van der Waals surface area contributed by atoms with Gasteiger partial charge in [0.25, 0.3) is 0 Å². The number of hydrogen-bond donors (Lipinski definition) is 1. The monoisotopic (exact) mass is 203 g/mol. The molecule has 0 saturated heterocycles. The van der Waals surface area contributed by atoms with Crippen molar-refractivity contribution in [3.8, 4) is 0 Å². The van der Waals surface area contributed by atoms with E-state index in [4.69, 9.17) is 4.43 Å². The van der Waals surface area contributed by atoms with Crippen LogP contribution in [0, 0.1) is 0 Å². The van der Waals surface area contributed by atoms with Gasteiger partial charge in [-0.3, -0.25) is 0 Å². The van der Waals surface area contributed by atoms with Crippen LogP contribution in [0.4, 0.5) is 0 Å². The van der Waals surface area contributed by atoms with Crippen molar-refractivity contribution in [2.24, 2.45) is 0 Å². The molecule has 0 amide bonds. The lowest BCUT2D eigenvalue weighted by molar-refractivity contribution is 0.256. The second-order valence-corrected chi connectivity index (χ2v) is 10.1. The number of likely N-dealkylation sites (N-methyl/N-ethyl adjacent to an activating group) is 1. The van der Waals surface area contributed by atoms with Gasteiger partial charge in [-0.05, 0) is 32.1 Å². The van der Waals surface area contributed by atoms with Crippen LogP contribution in [-0.4, -0.2) is 28.0 Å². The molecule has 0 aliphatic heterocycles. The lowest BCUT2D eigenvalue weighted by atomic mass is 10.2. The average molecular weight is 203 g/mol. The molecule has 0 heterocycles. The van der Waals surface area contributed by atoms with E-state index in [9.17, 15) is 0 Å². The van der Waals surface area contributed by atoms with Gasteiger partial charge in [0.05, 0.1) is 0 Å². The quantitative estimate of drug-likeness (QED) is 0.709. The summed E-state index contributed by atoms with van der Waals surface area (Å²) in [5.74, 6) is 0. The Morgan fingerprint density at radius 3 is 2.08 bits per heavy atom. The Balaban J connectivity index is 4.04. The molecule has 13 heavy (non-hydrogen) atoms. The largest absolute Gasteiger partial charge is 0.415 e. The molecule has 0 aromatic carbocycles. The predicted octanol–water partition coefficient (Wildman–Crippen LogP) is 2.62. The zero-order valence-electron chi connectivity index (χ0n) is 10.2. The van der Waals surface area contributed by atoms with E-state index in [-0.39, 0.29) is 0 Å². The van der Waals surface area contributed by atoms with Crippen molar-refractivity contribution in [3.05, 3.63) is 0 Å². The number of hydrogen-bond acceptors (Lipinski definition) is 2. The highest BCUT2D eigenvalue weighted by Gasteiger charge is 2.37. The van der Waals surface area contributed by atoms with Crippen molar-refractivity contribution in [1.29, 1.82) is 0 Å². The molecule has 0 aromatic heterocycles. The summed E-state index contributed by atoms with van der Waals surface area (Å²) < 4.78 is 6.02. The zero-order valence-corrected chi connectivity index (χ0v) is 11.2. The van der Waals surface area contributed by atoms with Gasteiger partial charge in [-0.1, -0.05) is 20.8 Å². The summed E-state index contributed by atoms with van der Waals surface area (Å²) >= 11 is 0. The minimum Gasteiger partial charge on any atom is -0.415 e. The molecule has 0 aromatic rings. The molecule has 0 spiro atoms. The maximum absolute atomic E-state index is 6.02. The molecule has 1 unspecified atom stereocenters. The van der Waals surface area contributed by atoms with Crippen LogP contribution in [0.5, 0.6) is 0 Å². The third-order valence-corrected chi connectivity index (χ3v) is 7.49. The summed E-state index contributed by atoms with van der Waals surface area (Å²) in [4.78, 5) is 0. The van der Waals surface area contributed by atoms with E-state index >= 15 is 0 Å². The predicted molar refractivity (Wildman–Crippen MR) is 61.7 cm³/mol. The van der Waals surface area contributed by atoms with Crippen LogP contribution in [0.25, 0.3) is 0 Å². The fraction of sp³-hybridized carbons (Fsp3) is 1.00. The standard InChI is InChI=1S/C10H25NOSi/c1-9(11-5)8-12-13(6,7)10(2,3)4/h9,11H,8H2,1-7H3. The lowest BCUT2D eigenvalue weighted by Gasteiger charge is -2.36. The molecule has 2 nitrogen and oxygen atoms in total. The van der Waals surface area contributed by atoms with E-state index in [0.29, 0.717) is 11.1 Å². The van der Waals surface area contributed by atoms with E-state index in [0.717, 1.165) is 6.61 Å². The molecule has 0 rings (SSSR count). The van der Waals surface area contributed by atoms with Crippen LogP contribution in [0.3, 0.4) is 0 Å². The Morgan fingerprint density at radius 1 is 1.31 bits per heavy atom. The Kier molecular flexibility index (Phi) is 4.62. The number of rotatable bonds is 4. The molecule has 3 heteroatoms. The highest BCUT2D eigenvalue weighted by Crippen LogP contribution is 2.36. The van der Waals surface area contributed by atoms with Crippen LogP contribution < -0.4 is 5.32 Å². The Labute approximate surface area is 84.2 Å². The first-order chi connectivity index (χ1) is 5.70. The van der Waals surface area contributed by atoms with Crippen molar-refractivity contribution in [2.75, 3.05) is 13.7 Å². The second-order valence-electron chi connectivity index (χ2n) is 5.26. The number of nitrogens with one attached hydrogen (secondary N) is 1. The van der Waals surface area contributed by atoms with Gasteiger partial charge >= 0.3 is 0 Å². The molecular formula is C10H25NOSi. The summed E-state index contributed by atoms with van der Waals surface area (Å²) in [6.07, 6.45) is 0. The molecule has 1 N–H and O–H groups in total. The normalized spacial score (nSPS) is 15.9. The Bertz CT molecular complexity index is 151. The molecular weight excluding hydrogens is 178 g/mol. The van der Waals surface area contributed by atoms with Gasteiger partial charge in [-0.2, -0.15) is 0 Å². The SMILES string of the molecule is CNC(C)CO[Si](C)(C)C(C)(C)C. The molecule has 0 aliphatic rings. The topological polar surface area (TPSA) is 21.3 Å². The van der Waals surface area contributed by atoms with E-state index in [1.807, 2.05) is 7.05 Å². The minimum absolute atomic E-state index is 0.320. The van der Waals surface area contributed by atoms with Gasteiger partial charge in [0.2, 0.25) is 0 Å². The van der Waals surface area contributed by atoms with E-state index in [2.05, 4.69) is 46.1 Å². The van der Waals surface area contributed by atoms with Crippen LogP contribution in [0.1, 0.15) is 27.7 Å². The van der Waals surface area contributed by atoms with E-state index < -0.39 is 8.32 Å². The van der Waals surface area contributed by atoms with Crippen molar-refractivity contribution >= 4 is 8.32 Å². The fourth-order valence-corrected chi connectivity index (χ4v) is 1.73. The summed E-state index contributed by atoms with van der Waals surface area (Å²) in [5, 5.41) is 3.51. The first-order valence-corrected chi connectivity index (χ1v) is 7.93. The molecule has 0 aliphatic carbocycles. The van der Waals surface area contributed by atoms with Crippen LogP contribution >= 0.6 is 0 Å². The first-order valence-electron chi connectivity index (χ1n) is 5.02. The maximum Gasteiger partial charge on any atom is 0.192 e. The van der Waals surface area contributed by atoms with Gasteiger partial charge in [0.15, 0.2) is 8.32 Å². The van der Waals surface area contributed by atoms with Gasteiger partial charge in [0.1, 0.15) is 0 Å². The van der Waals surface area contributed by atoms with Crippen LogP contribution in [0.2, 0.25) is 18.1 Å². The molecule has 0 bridgehead atoms. The van der Waals surface area contributed by atoms with Crippen molar-refractivity contribution in [3.63, 3.8) is 0 Å². The van der Waals surface area contributed by atoms with Crippen LogP contribution in [0.15, 0.2) is 0 Å². The van der Waals surface area contributed by atoms with E-state index in [1.165, 1.54) is 0 Å². The van der Waals surface area contributed by atoms with Crippen LogP contribution in [-0.2, 0) is 4.43 Å². The third-order valence-electron chi connectivity index (χ3n) is 2.99. The molecule has 80 valence electrons. The van der Waals surface area contributed by atoms with E-state index in [1.54, 1.807) is 0 Å². The van der Waals surface area contributed by atoms with Crippen molar-refractivity contribution in [2.45, 2.75) is 51.9 Å². The van der Waals surface area contributed by atoms with Crippen molar-refractivity contribution in [1.82, 2.24) is 5.32 Å². The highest BCUT2D eigenvalue weighted by molar-refractivity contribution is 6.74. The summed E-state index contributed by atoms with van der Waals surface area (Å²) in [6.45, 7) is 14.3. The average Bonchev–Trinajstić information content (AvgIpc) is 1.98. The third kappa shape index (κ3) is 4.25. The summed E-state index contributed by atoms with van der Waals surface area (Å²) in [7, 11) is 0.448. The van der Waals surface area contributed by atoms with Gasteiger partial charge in [0, 0.05) is 12.6 Å². The summed E-state index contributed by atoms with van der Waals surface area (Å²) in [6, 6.07) is 0.453. The van der Waals surface area contributed by atoms with Crippen molar-refractivity contribution < 1.29 is 4.43 Å². The summed E-state index contributed by atoms with van der Waals surface area (Å²) in [5.41, 5.74) is 0. The second kappa shape index (κ2) is 4.58. The van der Waals surface area contributed by atoms with Gasteiger partial charge in [-0.25, -0.2) is 0 Å². The molecule has 0 fully saturated rings. The first kappa shape index (κ1) is 13.1. The smallest absolute Gasteiger partial charge is 0.192 e. The lowest BCUT2D eigenvalue weighted by Crippen LogP contribution is -2.43. The van der Waals surface area contributed by atoms with Gasteiger partial charge in [-0.15, -0.1) is 0 Å². The molecule has 1 atom stereocenters. The van der Waals surface area contributed by atoms with Gasteiger partial charge < -0.3 is 9.74 Å².